The van der Waals surface area contributed by atoms with Gasteiger partial charge in [0, 0.05) is 11.3 Å². The van der Waals surface area contributed by atoms with E-state index >= 15 is 0 Å². The summed E-state index contributed by atoms with van der Waals surface area (Å²) in [5.74, 6) is -1.60. The Bertz CT molecular complexity index is 1040. The van der Waals surface area contributed by atoms with Crippen molar-refractivity contribution in [2.24, 2.45) is 11.3 Å². The Morgan fingerprint density at radius 1 is 1.33 bits per heavy atom. The minimum atomic E-state index is -0.890. The molecule has 3 rings (SSSR count). The first-order chi connectivity index (χ1) is 15.6. The Morgan fingerprint density at radius 3 is 2.73 bits per heavy atom. The number of aliphatic hydroxyl groups is 1. The van der Waals surface area contributed by atoms with Crippen LogP contribution in [-0.4, -0.2) is 46.8 Å². The summed E-state index contributed by atoms with van der Waals surface area (Å²) in [6.07, 6.45) is 1.60. The average molecular weight is 458 g/mol. The van der Waals surface area contributed by atoms with Gasteiger partial charge >= 0.3 is 0 Å². The topological polar surface area (TPSA) is 130 Å². The maximum Gasteiger partial charge on any atom is 0.268 e. The van der Waals surface area contributed by atoms with Crippen LogP contribution in [0, 0.1) is 28.5 Å². The van der Waals surface area contributed by atoms with Crippen molar-refractivity contribution in [2.75, 3.05) is 6.54 Å². The number of aromatic nitrogens is 1. The molecule has 33 heavy (non-hydrogen) atoms. The summed E-state index contributed by atoms with van der Waals surface area (Å²) in [6.45, 7) is 6.56. The van der Waals surface area contributed by atoms with Crippen molar-refractivity contribution in [3.05, 3.63) is 35.8 Å². The van der Waals surface area contributed by atoms with Crippen molar-refractivity contribution < 1.29 is 19.1 Å². The Hall–Kier alpha value is -2.96. The number of hydrogen-bond acceptors (Lipinski definition) is 5. The predicted octanol–water partition coefficient (Wildman–Crippen LogP) is 2.56. The standard InChI is InChI=1S/C24H32FN5O3/c1-24(2,3)12-19(23(33)28-16(13-26)10-15-7-5-9-27-21(15)31)30-22(32)18-11-14-6-4-8-17(25)20(14)29-18/h4,6,8,11,15-16,19,21,27,29,31H,5,7,9-10,12H2,1-3H3,(H,28,33)(H,30,32)/t15-,16-,19-,21?/m0/s1. The van der Waals surface area contributed by atoms with Gasteiger partial charge in [0.05, 0.1) is 11.6 Å². The van der Waals surface area contributed by atoms with E-state index in [9.17, 15) is 24.3 Å². The number of para-hydroxylation sites is 1. The molecular formula is C24H32FN5O3. The zero-order chi connectivity index (χ0) is 24.2. The van der Waals surface area contributed by atoms with Gasteiger partial charge in [-0.1, -0.05) is 32.9 Å². The molecule has 0 radical (unpaired) electrons. The summed E-state index contributed by atoms with van der Waals surface area (Å²) in [5, 5.41) is 28.7. The molecule has 9 heteroatoms. The van der Waals surface area contributed by atoms with Crippen LogP contribution in [0.15, 0.2) is 24.3 Å². The summed E-state index contributed by atoms with van der Waals surface area (Å²) in [4.78, 5) is 28.7. The third-order valence-corrected chi connectivity index (χ3v) is 5.85. The largest absolute Gasteiger partial charge is 0.378 e. The first kappa shape index (κ1) is 24.7. The molecule has 2 aromatic rings. The number of halogens is 1. The number of amides is 2. The number of nitriles is 1. The summed E-state index contributed by atoms with van der Waals surface area (Å²) < 4.78 is 14.0. The van der Waals surface area contributed by atoms with E-state index in [4.69, 9.17) is 0 Å². The first-order valence-corrected chi connectivity index (χ1v) is 11.3. The van der Waals surface area contributed by atoms with Crippen molar-refractivity contribution in [2.45, 2.75) is 64.8 Å². The third kappa shape index (κ3) is 6.53. The molecule has 1 aliphatic rings. The Balaban J connectivity index is 1.72. The number of nitrogens with one attached hydrogen (secondary N) is 4. The van der Waals surface area contributed by atoms with E-state index in [-0.39, 0.29) is 22.5 Å². The van der Waals surface area contributed by atoms with Gasteiger partial charge in [-0.2, -0.15) is 5.26 Å². The van der Waals surface area contributed by atoms with Crippen molar-refractivity contribution in [3.8, 4) is 6.07 Å². The molecule has 2 heterocycles. The quantitative estimate of drug-likeness (QED) is 0.436. The van der Waals surface area contributed by atoms with E-state index in [0.29, 0.717) is 18.2 Å². The zero-order valence-corrected chi connectivity index (χ0v) is 19.2. The molecule has 1 fully saturated rings. The number of fused-ring (bicyclic) bond motifs is 1. The third-order valence-electron chi connectivity index (χ3n) is 5.85. The lowest BCUT2D eigenvalue weighted by molar-refractivity contribution is -0.124. The minimum Gasteiger partial charge on any atom is -0.378 e. The maximum atomic E-state index is 14.0. The maximum absolute atomic E-state index is 14.0. The molecule has 1 unspecified atom stereocenters. The fourth-order valence-corrected chi connectivity index (χ4v) is 4.20. The number of H-pyrrole nitrogens is 1. The predicted molar refractivity (Wildman–Crippen MR) is 122 cm³/mol. The number of aromatic amines is 1. The number of rotatable bonds is 7. The van der Waals surface area contributed by atoms with Crippen LogP contribution in [0.3, 0.4) is 0 Å². The van der Waals surface area contributed by atoms with Gasteiger partial charge in [-0.25, -0.2) is 4.39 Å². The highest BCUT2D eigenvalue weighted by Crippen LogP contribution is 2.23. The number of carbonyl (C=O) groups excluding carboxylic acids is 2. The molecule has 0 bridgehead atoms. The molecular weight excluding hydrogens is 425 g/mol. The number of benzene rings is 1. The Morgan fingerprint density at radius 2 is 2.09 bits per heavy atom. The number of nitrogens with zero attached hydrogens (tertiary/aromatic N) is 1. The molecule has 0 aliphatic carbocycles. The van der Waals surface area contributed by atoms with E-state index in [2.05, 4.69) is 27.0 Å². The fraction of sp³-hybridized carbons (Fsp3) is 0.542. The smallest absolute Gasteiger partial charge is 0.268 e. The van der Waals surface area contributed by atoms with Crippen LogP contribution in [0.25, 0.3) is 10.9 Å². The number of carbonyl (C=O) groups is 2. The van der Waals surface area contributed by atoms with Crippen LogP contribution in [0.2, 0.25) is 0 Å². The second-order valence-electron chi connectivity index (χ2n) is 9.91. The SMILES string of the molecule is CC(C)(C)C[C@H](NC(=O)c1cc2cccc(F)c2[nH]1)C(=O)N[C@H](C#N)C[C@@H]1CCCNC1O. The van der Waals surface area contributed by atoms with Crippen molar-refractivity contribution in [1.82, 2.24) is 20.9 Å². The lowest BCUT2D eigenvalue weighted by Gasteiger charge is -2.31. The van der Waals surface area contributed by atoms with E-state index in [1.165, 1.54) is 12.1 Å². The van der Waals surface area contributed by atoms with Crippen molar-refractivity contribution in [1.29, 1.82) is 5.26 Å². The van der Waals surface area contributed by atoms with Crippen LogP contribution in [0.4, 0.5) is 4.39 Å². The van der Waals surface area contributed by atoms with Gasteiger partial charge < -0.3 is 20.7 Å². The molecule has 1 aliphatic heterocycles. The summed E-state index contributed by atoms with van der Waals surface area (Å²) in [7, 11) is 0. The first-order valence-electron chi connectivity index (χ1n) is 11.3. The summed E-state index contributed by atoms with van der Waals surface area (Å²) in [5.41, 5.74) is 0.0895. The summed E-state index contributed by atoms with van der Waals surface area (Å²) in [6, 6.07) is 6.50. The number of aliphatic hydroxyl groups excluding tert-OH is 1. The lowest BCUT2D eigenvalue weighted by Crippen LogP contribution is -2.52. The van der Waals surface area contributed by atoms with E-state index in [0.717, 1.165) is 19.4 Å². The molecule has 5 N–H and O–H groups in total. The molecule has 8 nitrogen and oxygen atoms in total. The normalized spacial score (nSPS) is 20.6. The average Bonchev–Trinajstić information content (AvgIpc) is 3.19. The molecule has 178 valence electrons. The highest BCUT2D eigenvalue weighted by atomic mass is 19.1. The molecule has 1 aromatic heterocycles. The van der Waals surface area contributed by atoms with Gasteiger partial charge in [-0.3, -0.25) is 14.9 Å². The van der Waals surface area contributed by atoms with Gasteiger partial charge in [0.2, 0.25) is 5.91 Å². The Labute approximate surface area is 192 Å². The fourth-order valence-electron chi connectivity index (χ4n) is 4.20. The minimum absolute atomic E-state index is 0.138. The molecule has 4 atom stereocenters. The molecule has 0 saturated carbocycles. The van der Waals surface area contributed by atoms with E-state index in [1.807, 2.05) is 20.8 Å². The second-order valence-corrected chi connectivity index (χ2v) is 9.91. The second kappa shape index (κ2) is 10.3. The van der Waals surface area contributed by atoms with Crippen LogP contribution >= 0.6 is 0 Å². The number of piperidine rings is 1. The van der Waals surface area contributed by atoms with Crippen molar-refractivity contribution >= 4 is 22.7 Å². The van der Waals surface area contributed by atoms with Crippen molar-refractivity contribution in [3.63, 3.8) is 0 Å². The monoisotopic (exact) mass is 457 g/mol. The van der Waals surface area contributed by atoms with Gasteiger partial charge in [-0.05, 0) is 49.8 Å². The van der Waals surface area contributed by atoms with E-state index in [1.54, 1.807) is 12.1 Å². The molecule has 0 spiro atoms. The molecule has 2 amide bonds. The Kier molecular flexibility index (Phi) is 7.72. The van der Waals surface area contributed by atoms with Crippen LogP contribution < -0.4 is 16.0 Å². The van der Waals surface area contributed by atoms with E-state index < -0.39 is 35.9 Å². The molecule has 1 saturated heterocycles. The van der Waals surface area contributed by atoms with Gasteiger partial charge in [0.15, 0.2) is 0 Å². The highest BCUT2D eigenvalue weighted by molar-refractivity contribution is 6.00. The number of hydrogen-bond donors (Lipinski definition) is 5. The van der Waals surface area contributed by atoms with Crippen LogP contribution in [0.1, 0.15) is 56.9 Å². The zero-order valence-electron chi connectivity index (χ0n) is 19.2. The molecule has 1 aromatic carbocycles. The van der Waals surface area contributed by atoms with Gasteiger partial charge in [-0.15, -0.1) is 0 Å². The van der Waals surface area contributed by atoms with Crippen LogP contribution in [-0.2, 0) is 4.79 Å². The van der Waals surface area contributed by atoms with Gasteiger partial charge in [0.1, 0.15) is 29.8 Å². The summed E-state index contributed by atoms with van der Waals surface area (Å²) >= 11 is 0. The lowest BCUT2D eigenvalue weighted by atomic mass is 9.87. The van der Waals surface area contributed by atoms with Crippen LogP contribution in [0.5, 0.6) is 0 Å². The highest BCUT2D eigenvalue weighted by Gasteiger charge is 2.31. The van der Waals surface area contributed by atoms with Gasteiger partial charge in [0.25, 0.3) is 5.91 Å².